The number of carbonyl (C=O) groups is 1. The molecule has 1 aromatic heterocycles. The van der Waals surface area contributed by atoms with Crippen LogP contribution in [0.15, 0.2) is 16.8 Å². The van der Waals surface area contributed by atoms with Gasteiger partial charge in [-0.2, -0.15) is 11.3 Å². The molecule has 0 spiro atoms. The van der Waals surface area contributed by atoms with Gasteiger partial charge in [-0.15, -0.1) is 0 Å². The largest absolute Gasteiger partial charge is 0.325 e. The molecule has 96 valence electrons. The number of thiophene rings is 1. The Morgan fingerprint density at radius 3 is 2.28 bits per heavy atom. The molecule has 3 heteroatoms. The number of carbonyl (C=O) groups excluding carboxylic acids is 1. The van der Waals surface area contributed by atoms with E-state index in [4.69, 9.17) is 0 Å². The number of anilines is 1. The first kappa shape index (κ1) is 11.0. The van der Waals surface area contributed by atoms with E-state index in [1.165, 1.54) is 19.3 Å². The minimum Gasteiger partial charge on any atom is -0.325 e. The smallest absolute Gasteiger partial charge is 0.230 e. The molecule has 4 saturated carbocycles. The summed E-state index contributed by atoms with van der Waals surface area (Å²) in [6.07, 6.45) is 7.62. The zero-order valence-electron chi connectivity index (χ0n) is 10.5. The zero-order chi connectivity index (χ0) is 12.2. The van der Waals surface area contributed by atoms with Gasteiger partial charge in [0.2, 0.25) is 5.91 Å². The topological polar surface area (TPSA) is 29.1 Å². The van der Waals surface area contributed by atoms with Gasteiger partial charge in [0.05, 0.1) is 11.1 Å². The van der Waals surface area contributed by atoms with Gasteiger partial charge < -0.3 is 5.32 Å². The van der Waals surface area contributed by atoms with Crippen LogP contribution in [0, 0.1) is 23.2 Å². The number of nitrogens with one attached hydrogen (secondary N) is 1. The molecule has 4 bridgehead atoms. The maximum Gasteiger partial charge on any atom is 0.230 e. The van der Waals surface area contributed by atoms with Crippen molar-refractivity contribution in [1.82, 2.24) is 0 Å². The van der Waals surface area contributed by atoms with Gasteiger partial charge in [0, 0.05) is 5.38 Å². The fraction of sp³-hybridized carbons (Fsp3) is 0.667. The molecule has 0 saturated heterocycles. The van der Waals surface area contributed by atoms with Crippen molar-refractivity contribution in [3.8, 4) is 0 Å². The molecule has 1 amide bonds. The normalized spacial score (nSPS) is 41.0. The second-order valence-corrected chi connectivity index (χ2v) is 7.44. The number of hydrogen-bond donors (Lipinski definition) is 1. The van der Waals surface area contributed by atoms with Gasteiger partial charge in [0.1, 0.15) is 0 Å². The lowest BCUT2D eigenvalue weighted by molar-refractivity contribution is -0.140. The minimum absolute atomic E-state index is 0.0172. The maximum absolute atomic E-state index is 12.7. The van der Waals surface area contributed by atoms with E-state index < -0.39 is 0 Å². The highest BCUT2D eigenvalue weighted by molar-refractivity contribution is 7.08. The summed E-state index contributed by atoms with van der Waals surface area (Å²) in [5.74, 6) is 2.82. The van der Waals surface area contributed by atoms with Gasteiger partial charge >= 0.3 is 0 Å². The van der Waals surface area contributed by atoms with E-state index in [0.29, 0.717) is 5.91 Å². The van der Waals surface area contributed by atoms with Crippen LogP contribution in [-0.4, -0.2) is 5.91 Å². The van der Waals surface area contributed by atoms with Gasteiger partial charge in [-0.05, 0) is 67.7 Å². The standard InChI is InChI=1S/C15H19NOS/c17-14(16-13-1-2-18-9-13)15-6-10-3-11(7-15)5-12(4-10)8-15/h1-2,9-12H,3-8H2,(H,16,17). The third-order valence-corrected chi connectivity index (χ3v) is 5.98. The minimum atomic E-state index is -0.0172. The molecule has 18 heavy (non-hydrogen) atoms. The van der Waals surface area contributed by atoms with E-state index in [-0.39, 0.29) is 5.41 Å². The summed E-state index contributed by atoms with van der Waals surface area (Å²) in [5, 5.41) is 7.20. The predicted molar refractivity (Wildman–Crippen MR) is 73.6 cm³/mol. The Kier molecular flexibility index (Phi) is 2.35. The molecule has 1 heterocycles. The van der Waals surface area contributed by atoms with Crippen LogP contribution < -0.4 is 5.32 Å². The molecule has 1 aromatic rings. The van der Waals surface area contributed by atoms with Crippen molar-refractivity contribution in [1.29, 1.82) is 0 Å². The van der Waals surface area contributed by atoms with Crippen molar-refractivity contribution in [2.75, 3.05) is 5.32 Å². The summed E-state index contributed by atoms with van der Waals surface area (Å²) in [6.45, 7) is 0. The summed E-state index contributed by atoms with van der Waals surface area (Å²) in [4.78, 5) is 12.7. The number of rotatable bonds is 2. The fourth-order valence-corrected chi connectivity index (χ4v) is 5.58. The van der Waals surface area contributed by atoms with E-state index >= 15 is 0 Å². The van der Waals surface area contributed by atoms with Crippen LogP contribution in [-0.2, 0) is 4.79 Å². The number of amides is 1. The van der Waals surface area contributed by atoms with Crippen LogP contribution in [0.1, 0.15) is 38.5 Å². The van der Waals surface area contributed by atoms with Crippen LogP contribution in [0.4, 0.5) is 5.69 Å². The van der Waals surface area contributed by atoms with E-state index in [1.807, 2.05) is 16.8 Å². The first-order valence-corrected chi connectivity index (χ1v) is 8.01. The van der Waals surface area contributed by atoms with Crippen molar-refractivity contribution in [2.24, 2.45) is 23.2 Å². The molecule has 0 aromatic carbocycles. The van der Waals surface area contributed by atoms with Crippen molar-refractivity contribution in [3.63, 3.8) is 0 Å². The highest BCUT2D eigenvalue weighted by Gasteiger charge is 2.54. The van der Waals surface area contributed by atoms with Crippen LogP contribution in [0.25, 0.3) is 0 Å². The molecular weight excluding hydrogens is 242 g/mol. The summed E-state index contributed by atoms with van der Waals surface area (Å²) in [6, 6.07) is 2.00. The summed E-state index contributed by atoms with van der Waals surface area (Å²) in [7, 11) is 0. The van der Waals surface area contributed by atoms with Crippen LogP contribution in [0.2, 0.25) is 0 Å². The second-order valence-electron chi connectivity index (χ2n) is 6.66. The predicted octanol–water partition coefficient (Wildman–Crippen LogP) is 3.90. The van der Waals surface area contributed by atoms with E-state index in [1.54, 1.807) is 11.3 Å². The molecule has 4 aliphatic rings. The van der Waals surface area contributed by atoms with Gasteiger partial charge in [-0.1, -0.05) is 0 Å². The highest BCUT2D eigenvalue weighted by atomic mass is 32.1. The fourth-order valence-electron chi connectivity index (χ4n) is 4.99. The van der Waals surface area contributed by atoms with Crippen LogP contribution >= 0.6 is 11.3 Å². The molecule has 0 unspecified atom stereocenters. The Hall–Kier alpha value is -0.830. The summed E-state index contributed by atoms with van der Waals surface area (Å²) < 4.78 is 0. The molecule has 0 atom stereocenters. The van der Waals surface area contributed by atoms with Gasteiger partial charge in [-0.3, -0.25) is 4.79 Å². The Bertz CT molecular complexity index is 430. The van der Waals surface area contributed by atoms with Gasteiger partial charge in [0.25, 0.3) is 0 Å². The average molecular weight is 261 g/mol. The Morgan fingerprint density at radius 2 is 1.78 bits per heavy atom. The Balaban J connectivity index is 1.58. The second kappa shape index (κ2) is 3.83. The molecule has 4 fully saturated rings. The monoisotopic (exact) mass is 261 g/mol. The average Bonchev–Trinajstić information content (AvgIpc) is 2.79. The lowest BCUT2D eigenvalue weighted by atomic mass is 9.49. The molecule has 1 N–H and O–H groups in total. The van der Waals surface area contributed by atoms with Crippen molar-refractivity contribution in [3.05, 3.63) is 16.8 Å². The molecule has 0 radical (unpaired) electrons. The Morgan fingerprint density at radius 1 is 1.17 bits per heavy atom. The Labute approximate surface area is 112 Å². The third kappa shape index (κ3) is 1.63. The molecule has 0 aliphatic heterocycles. The maximum atomic E-state index is 12.7. The van der Waals surface area contributed by atoms with Crippen molar-refractivity contribution >= 4 is 22.9 Å². The first-order chi connectivity index (χ1) is 8.73. The van der Waals surface area contributed by atoms with Crippen molar-refractivity contribution in [2.45, 2.75) is 38.5 Å². The highest BCUT2D eigenvalue weighted by Crippen LogP contribution is 2.60. The van der Waals surface area contributed by atoms with E-state index in [2.05, 4.69) is 5.32 Å². The number of hydrogen-bond acceptors (Lipinski definition) is 2. The first-order valence-electron chi connectivity index (χ1n) is 7.07. The molecular formula is C15H19NOS. The lowest BCUT2D eigenvalue weighted by Crippen LogP contribution is -2.51. The van der Waals surface area contributed by atoms with Gasteiger partial charge in [-0.25, -0.2) is 0 Å². The molecule has 5 rings (SSSR count). The van der Waals surface area contributed by atoms with E-state index in [9.17, 15) is 4.79 Å². The summed E-state index contributed by atoms with van der Waals surface area (Å²) in [5.41, 5.74) is 0.970. The van der Waals surface area contributed by atoms with E-state index in [0.717, 1.165) is 42.7 Å². The zero-order valence-corrected chi connectivity index (χ0v) is 11.3. The van der Waals surface area contributed by atoms with Crippen molar-refractivity contribution < 1.29 is 4.79 Å². The molecule has 4 aliphatic carbocycles. The lowest BCUT2D eigenvalue weighted by Gasteiger charge is -2.55. The van der Waals surface area contributed by atoms with Gasteiger partial charge in [0.15, 0.2) is 0 Å². The SMILES string of the molecule is O=C(Nc1ccsc1)C12CC3CC(CC(C3)C1)C2. The van der Waals surface area contributed by atoms with Crippen LogP contribution in [0.5, 0.6) is 0 Å². The quantitative estimate of drug-likeness (QED) is 0.859. The molecule has 2 nitrogen and oxygen atoms in total. The summed E-state index contributed by atoms with van der Waals surface area (Å²) >= 11 is 1.64. The third-order valence-electron chi connectivity index (χ3n) is 5.30. The van der Waals surface area contributed by atoms with Crippen LogP contribution in [0.3, 0.4) is 0 Å².